The number of esters is 2. The van der Waals surface area contributed by atoms with Crippen molar-refractivity contribution in [3.05, 3.63) is 99.9 Å². The van der Waals surface area contributed by atoms with Gasteiger partial charge in [0.2, 0.25) is 0 Å². The Morgan fingerprint density at radius 2 is 1.47 bits per heavy atom. The van der Waals surface area contributed by atoms with Crippen molar-refractivity contribution in [2.75, 3.05) is 14.2 Å². The zero-order valence-corrected chi connectivity index (χ0v) is 18.2. The van der Waals surface area contributed by atoms with Gasteiger partial charge in [0.1, 0.15) is 10.9 Å². The predicted octanol–water partition coefficient (Wildman–Crippen LogP) is 3.13. The van der Waals surface area contributed by atoms with Crippen molar-refractivity contribution in [3.63, 3.8) is 0 Å². The topological polar surface area (TPSA) is 98.9 Å². The number of carbonyl (C=O) groups excluding carboxylic acids is 3. The summed E-state index contributed by atoms with van der Waals surface area (Å²) in [4.78, 5) is 40.8. The average molecular weight is 449 g/mol. The van der Waals surface area contributed by atoms with E-state index < -0.39 is 23.8 Å². The minimum Gasteiger partial charge on any atom is -0.466 e. The van der Waals surface area contributed by atoms with Gasteiger partial charge in [0.25, 0.3) is 5.91 Å². The van der Waals surface area contributed by atoms with E-state index in [1.54, 1.807) is 24.3 Å². The molecule has 0 saturated heterocycles. The molecule has 2 aliphatic heterocycles. The van der Waals surface area contributed by atoms with E-state index >= 15 is 0 Å². The van der Waals surface area contributed by atoms with Crippen molar-refractivity contribution in [3.8, 4) is 0 Å². The Hall–Kier alpha value is -3.78. The highest BCUT2D eigenvalue weighted by Gasteiger charge is 2.45. The van der Waals surface area contributed by atoms with E-state index in [2.05, 4.69) is 0 Å². The number of hydrogen-bond donors (Lipinski definition) is 1. The van der Waals surface area contributed by atoms with Crippen LogP contribution in [0, 0.1) is 0 Å². The van der Waals surface area contributed by atoms with Crippen LogP contribution in [-0.4, -0.2) is 37.0 Å². The lowest BCUT2D eigenvalue weighted by Crippen LogP contribution is -2.42. The molecule has 1 unspecified atom stereocenters. The molecule has 0 radical (unpaired) electrons. The van der Waals surface area contributed by atoms with Gasteiger partial charge in [-0.1, -0.05) is 72.4 Å². The van der Waals surface area contributed by atoms with Gasteiger partial charge in [-0.3, -0.25) is 9.69 Å². The minimum absolute atomic E-state index is 0.00774. The number of nitrogens with zero attached hydrogens (tertiary/aromatic N) is 1. The first-order valence-corrected chi connectivity index (χ1v) is 10.5. The van der Waals surface area contributed by atoms with Gasteiger partial charge in [-0.15, -0.1) is 0 Å². The fourth-order valence-electron chi connectivity index (χ4n) is 3.77. The van der Waals surface area contributed by atoms with Crippen molar-refractivity contribution < 1.29 is 23.9 Å². The standard InChI is InChI=1S/C24H20N2O5S/c1-30-23(28)19-18(15-11-7-4-8-12-15)20(24(29)31-2)22-26(21(19)25)17(27)13-16(32-22)14-9-5-3-6-10-14/h3-13,18H,25H2,1-2H3. The van der Waals surface area contributed by atoms with Crippen LogP contribution < -0.4 is 5.73 Å². The SMILES string of the molecule is COC(=O)C1=C(N)N2C(=O)C=C(c3ccccc3)SC2=C(C(=O)OC)C1c1ccccc1. The van der Waals surface area contributed by atoms with Crippen molar-refractivity contribution in [1.29, 1.82) is 0 Å². The van der Waals surface area contributed by atoms with Gasteiger partial charge in [-0.05, 0) is 11.1 Å². The molecular formula is C24H20N2O5S. The van der Waals surface area contributed by atoms with Crippen LogP contribution in [0.3, 0.4) is 0 Å². The van der Waals surface area contributed by atoms with Gasteiger partial charge in [-0.2, -0.15) is 0 Å². The first-order chi connectivity index (χ1) is 15.5. The first-order valence-electron chi connectivity index (χ1n) is 9.72. The molecule has 32 heavy (non-hydrogen) atoms. The number of ether oxygens (including phenoxy) is 2. The van der Waals surface area contributed by atoms with Gasteiger partial charge in [-0.25, -0.2) is 9.59 Å². The monoisotopic (exact) mass is 448 g/mol. The van der Waals surface area contributed by atoms with Crippen LogP contribution in [0.25, 0.3) is 4.91 Å². The summed E-state index contributed by atoms with van der Waals surface area (Å²) in [5.41, 5.74) is 7.99. The molecule has 8 heteroatoms. The molecule has 2 aliphatic rings. The molecule has 0 aliphatic carbocycles. The van der Waals surface area contributed by atoms with Crippen molar-refractivity contribution in [2.45, 2.75) is 5.92 Å². The fourth-order valence-corrected chi connectivity index (χ4v) is 4.98. The molecule has 1 amide bonds. The van der Waals surface area contributed by atoms with E-state index in [0.717, 1.165) is 5.56 Å². The molecule has 0 spiro atoms. The largest absolute Gasteiger partial charge is 0.466 e. The lowest BCUT2D eigenvalue weighted by Gasteiger charge is -2.38. The highest BCUT2D eigenvalue weighted by Crippen LogP contribution is 2.50. The van der Waals surface area contributed by atoms with Gasteiger partial charge >= 0.3 is 11.9 Å². The smallest absolute Gasteiger partial charge is 0.338 e. The Kier molecular flexibility index (Phi) is 5.87. The second-order valence-electron chi connectivity index (χ2n) is 6.99. The maximum Gasteiger partial charge on any atom is 0.338 e. The lowest BCUT2D eigenvalue weighted by molar-refractivity contribution is -0.137. The van der Waals surface area contributed by atoms with Gasteiger partial charge in [0.15, 0.2) is 0 Å². The number of rotatable bonds is 4. The van der Waals surface area contributed by atoms with Crippen LogP contribution in [0.15, 0.2) is 88.7 Å². The summed E-state index contributed by atoms with van der Waals surface area (Å²) in [6.45, 7) is 0. The normalized spacial score (nSPS) is 18.2. The molecule has 2 heterocycles. The molecular weight excluding hydrogens is 428 g/mol. The van der Waals surface area contributed by atoms with Crippen LogP contribution in [-0.2, 0) is 23.9 Å². The lowest BCUT2D eigenvalue weighted by atomic mass is 9.82. The van der Waals surface area contributed by atoms with E-state index in [1.807, 2.05) is 36.4 Å². The summed E-state index contributed by atoms with van der Waals surface area (Å²) in [7, 11) is 2.48. The Labute approximate surface area is 189 Å². The average Bonchev–Trinajstić information content (AvgIpc) is 2.83. The molecule has 7 nitrogen and oxygen atoms in total. The van der Waals surface area contributed by atoms with E-state index in [1.165, 1.54) is 37.0 Å². The van der Waals surface area contributed by atoms with Crippen LogP contribution in [0.1, 0.15) is 17.0 Å². The number of nitrogens with two attached hydrogens (primary N) is 1. The second kappa shape index (κ2) is 8.76. The minimum atomic E-state index is -0.863. The third-order valence-electron chi connectivity index (χ3n) is 5.21. The first kappa shape index (κ1) is 21.5. The van der Waals surface area contributed by atoms with Crippen LogP contribution in [0.2, 0.25) is 0 Å². The molecule has 1 atom stereocenters. The fraction of sp³-hybridized carbons (Fsp3) is 0.125. The van der Waals surface area contributed by atoms with E-state index in [9.17, 15) is 14.4 Å². The van der Waals surface area contributed by atoms with Crippen LogP contribution in [0.5, 0.6) is 0 Å². The number of methoxy groups -OCH3 is 2. The second-order valence-corrected chi connectivity index (χ2v) is 8.03. The number of hydrogen-bond acceptors (Lipinski definition) is 7. The summed E-state index contributed by atoms with van der Waals surface area (Å²) in [5.74, 6) is -2.80. The molecule has 0 bridgehead atoms. The van der Waals surface area contributed by atoms with Gasteiger partial charge in [0.05, 0.1) is 31.3 Å². The summed E-state index contributed by atoms with van der Waals surface area (Å²) in [6, 6.07) is 18.3. The van der Waals surface area contributed by atoms with Gasteiger partial charge in [0, 0.05) is 11.0 Å². The molecule has 2 aromatic carbocycles. The maximum absolute atomic E-state index is 13.2. The molecule has 0 fully saturated rings. The summed E-state index contributed by atoms with van der Waals surface area (Å²) < 4.78 is 10.0. The zero-order valence-electron chi connectivity index (χ0n) is 17.4. The highest BCUT2D eigenvalue weighted by molar-refractivity contribution is 8.11. The van der Waals surface area contributed by atoms with Crippen LogP contribution >= 0.6 is 11.8 Å². The predicted molar refractivity (Wildman–Crippen MR) is 120 cm³/mol. The Morgan fingerprint density at radius 3 is 2.06 bits per heavy atom. The molecule has 4 rings (SSSR count). The molecule has 162 valence electrons. The third kappa shape index (κ3) is 3.58. The Morgan fingerprint density at radius 1 is 0.906 bits per heavy atom. The maximum atomic E-state index is 13.2. The van der Waals surface area contributed by atoms with Crippen molar-refractivity contribution in [2.24, 2.45) is 5.73 Å². The molecule has 2 aromatic rings. The van der Waals surface area contributed by atoms with E-state index in [0.29, 0.717) is 15.5 Å². The number of thioether (sulfide) groups is 1. The Bertz CT molecular complexity index is 1190. The van der Waals surface area contributed by atoms with Crippen molar-refractivity contribution in [1.82, 2.24) is 4.90 Å². The quantitative estimate of drug-likeness (QED) is 0.718. The van der Waals surface area contributed by atoms with Crippen molar-refractivity contribution >= 4 is 34.5 Å². The summed E-state index contributed by atoms with van der Waals surface area (Å²) >= 11 is 1.23. The van der Waals surface area contributed by atoms with E-state index in [-0.39, 0.29) is 17.0 Å². The third-order valence-corrected chi connectivity index (χ3v) is 6.38. The number of amides is 1. The Balaban J connectivity index is 1.99. The summed E-state index contributed by atoms with van der Waals surface area (Å²) in [6.07, 6.45) is 1.43. The molecule has 2 N–H and O–H groups in total. The number of benzene rings is 2. The van der Waals surface area contributed by atoms with Gasteiger partial charge < -0.3 is 15.2 Å². The summed E-state index contributed by atoms with van der Waals surface area (Å²) in [5, 5.41) is 0.308. The number of carbonyl (C=O) groups is 3. The molecule has 0 aromatic heterocycles. The highest BCUT2D eigenvalue weighted by atomic mass is 32.2. The zero-order chi connectivity index (χ0) is 22.8. The van der Waals surface area contributed by atoms with E-state index in [4.69, 9.17) is 15.2 Å². The molecule has 0 saturated carbocycles. The number of fused-ring (bicyclic) bond motifs is 1. The van der Waals surface area contributed by atoms with Crippen LogP contribution in [0.4, 0.5) is 0 Å².